The molecule has 1 atom stereocenters. The van der Waals surface area contributed by atoms with Crippen LogP contribution >= 0.6 is 23.2 Å². The number of carbonyl (C=O) groups is 2. The lowest BCUT2D eigenvalue weighted by Gasteiger charge is -2.11. The summed E-state index contributed by atoms with van der Waals surface area (Å²) in [7, 11) is 0. The van der Waals surface area contributed by atoms with Crippen molar-refractivity contribution >= 4 is 46.0 Å². The molecular weight excluding hydrogens is 415 g/mol. The molecule has 0 bridgehead atoms. The number of nitrogens with one attached hydrogen (secondary N) is 1. The summed E-state index contributed by atoms with van der Waals surface area (Å²) in [6.45, 7) is 0.0862. The molecule has 3 N–H and O–H groups in total. The Labute approximate surface area is 177 Å². The normalized spacial score (nSPS) is 12.0. The lowest BCUT2D eigenvalue weighted by Crippen LogP contribution is -2.34. The fraction of sp³-hybridized carbons (Fsp3) is 0.238. The molecule has 0 aliphatic carbocycles. The largest absolute Gasteiger partial charge is 0.464 e. The number of carbonyl (C=O) groups excluding carboxylic acids is 2. The van der Waals surface area contributed by atoms with Gasteiger partial charge >= 0.3 is 11.9 Å². The Bertz CT molecular complexity index is 1000. The molecule has 0 fully saturated rings. The zero-order chi connectivity index (χ0) is 20.8. The second-order valence-electron chi connectivity index (χ2n) is 6.50. The fourth-order valence-electron chi connectivity index (χ4n) is 2.88. The minimum Gasteiger partial charge on any atom is -0.464 e. The van der Waals surface area contributed by atoms with Crippen molar-refractivity contribution in [2.45, 2.75) is 25.5 Å². The van der Waals surface area contributed by atoms with Crippen LogP contribution in [0.15, 0.2) is 48.7 Å². The smallest absolute Gasteiger partial charge is 0.323 e. The van der Waals surface area contributed by atoms with E-state index in [-0.39, 0.29) is 26.1 Å². The molecule has 3 aromatic rings. The van der Waals surface area contributed by atoms with E-state index in [9.17, 15) is 9.59 Å². The molecule has 0 aliphatic rings. The lowest BCUT2D eigenvalue weighted by molar-refractivity contribution is -0.150. The molecule has 3 rings (SSSR count). The molecule has 0 saturated heterocycles. The highest BCUT2D eigenvalue weighted by Crippen LogP contribution is 2.30. The van der Waals surface area contributed by atoms with Crippen LogP contribution in [-0.2, 0) is 32.1 Å². The molecule has 8 heteroatoms. The summed E-state index contributed by atoms with van der Waals surface area (Å²) in [5.41, 5.74) is 8.39. The molecule has 29 heavy (non-hydrogen) atoms. The van der Waals surface area contributed by atoms with Crippen molar-refractivity contribution in [2.24, 2.45) is 5.73 Å². The molecule has 0 saturated carbocycles. The first-order chi connectivity index (χ1) is 13.9. The van der Waals surface area contributed by atoms with Crippen molar-refractivity contribution in [1.82, 2.24) is 4.98 Å². The van der Waals surface area contributed by atoms with Gasteiger partial charge in [0.05, 0.1) is 11.4 Å². The highest BCUT2D eigenvalue weighted by Gasteiger charge is 2.19. The second kappa shape index (κ2) is 9.78. The van der Waals surface area contributed by atoms with Crippen molar-refractivity contribution in [3.8, 4) is 0 Å². The van der Waals surface area contributed by atoms with Crippen LogP contribution in [0.5, 0.6) is 0 Å². The number of halogens is 2. The van der Waals surface area contributed by atoms with Gasteiger partial charge in [-0.15, -0.1) is 0 Å². The highest BCUT2D eigenvalue weighted by molar-refractivity contribution is 6.38. The van der Waals surface area contributed by atoms with E-state index in [1.165, 1.54) is 0 Å². The average molecular weight is 435 g/mol. The molecule has 0 amide bonds. The summed E-state index contributed by atoms with van der Waals surface area (Å²) in [6, 6.07) is 11.8. The Hall–Kier alpha value is -2.54. The third kappa shape index (κ3) is 5.73. The maximum Gasteiger partial charge on any atom is 0.323 e. The first-order valence-corrected chi connectivity index (χ1v) is 9.76. The topological polar surface area (TPSA) is 94.4 Å². The second-order valence-corrected chi connectivity index (χ2v) is 7.34. The molecule has 2 aromatic carbocycles. The van der Waals surface area contributed by atoms with Gasteiger partial charge in [0.15, 0.2) is 0 Å². The van der Waals surface area contributed by atoms with Crippen molar-refractivity contribution in [3.05, 3.63) is 69.8 Å². The summed E-state index contributed by atoms with van der Waals surface area (Å²) in [4.78, 5) is 27.0. The Morgan fingerprint density at radius 1 is 1.10 bits per heavy atom. The number of aromatic amines is 1. The molecule has 6 nitrogen and oxygen atoms in total. The van der Waals surface area contributed by atoms with Gasteiger partial charge in [-0.25, -0.2) is 0 Å². The Balaban J connectivity index is 1.45. The van der Waals surface area contributed by atoms with Crippen molar-refractivity contribution in [2.75, 3.05) is 6.61 Å². The minimum absolute atomic E-state index is 0.0390. The van der Waals surface area contributed by atoms with E-state index < -0.39 is 18.0 Å². The number of esters is 2. The first kappa shape index (κ1) is 21.2. The van der Waals surface area contributed by atoms with Crippen LogP contribution in [0, 0.1) is 0 Å². The average Bonchev–Trinajstić information content (AvgIpc) is 3.09. The molecular formula is C21H20Cl2N2O4. The maximum atomic E-state index is 12.1. The molecule has 0 aliphatic heterocycles. The van der Waals surface area contributed by atoms with Gasteiger partial charge in [0.2, 0.25) is 0 Å². The van der Waals surface area contributed by atoms with Gasteiger partial charge in [0.1, 0.15) is 19.3 Å². The van der Waals surface area contributed by atoms with E-state index in [1.807, 2.05) is 30.3 Å². The molecule has 1 unspecified atom stereocenters. The van der Waals surface area contributed by atoms with E-state index in [0.717, 1.165) is 22.0 Å². The third-order valence-corrected chi connectivity index (χ3v) is 4.83. The van der Waals surface area contributed by atoms with E-state index in [0.29, 0.717) is 10.0 Å². The van der Waals surface area contributed by atoms with Crippen LogP contribution in [0.3, 0.4) is 0 Å². The summed E-state index contributed by atoms with van der Waals surface area (Å²) in [5.74, 6) is -1.05. The number of H-pyrrole nitrogens is 1. The predicted octanol–water partition coefficient (Wildman–Crippen LogP) is 4.02. The van der Waals surface area contributed by atoms with Crippen LogP contribution in [-0.4, -0.2) is 29.6 Å². The number of aromatic nitrogens is 1. The Kier molecular flexibility index (Phi) is 7.14. The molecule has 0 spiro atoms. The SMILES string of the molecule is NC(Cc1c[nH]c2cc(Cl)cc(Cl)c12)C(=O)OCCC(=O)OCc1ccccc1. The van der Waals surface area contributed by atoms with Crippen LogP contribution in [0.25, 0.3) is 10.9 Å². The minimum atomic E-state index is -0.888. The van der Waals surface area contributed by atoms with Crippen LogP contribution in [0.4, 0.5) is 0 Å². The fourth-order valence-corrected chi connectivity index (χ4v) is 3.50. The maximum absolute atomic E-state index is 12.1. The van der Waals surface area contributed by atoms with E-state index in [4.69, 9.17) is 38.4 Å². The zero-order valence-corrected chi connectivity index (χ0v) is 17.0. The quantitative estimate of drug-likeness (QED) is 0.522. The third-order valence-electron chi connectivity index (χ3n) is 4.31. The number of fused-ring (bicyclic) bond motifs is 1. The summed E-state index contributed by atoms with van der Waals surface area (Å²) in [6.07, 6.45) is 1.93. The highest BCUT2D eigenvalue weighted by atomic mass is 35.5. The lowest BCUT2D eigenvalue weighted by atomic mass is 10.1. The van der Waals surface area contributed by atoms with Crippen molar-refractivity contribution < 1.29 is 19.1 Å². The summed E-state index contributed by atoms with van der Waals surface area (Å²) >= 11 is 12.2. The standard InChI is InChI=1S/C21H20Cl2N2O4/c22-15-9-16(23)20-14(11-25-18(20)10-15)8-17(24)21(27)28-7-6-19(26)29-12-13-4-2-1-3-5-13/h1-5,9-11,17,25H,6-8,12,24H2. The van der Waals surface area contributed by atoms with Crippen LogP contribution in [0.1, 0.15) is 17.5 Å². The number of benzene rings is 2. The van der Waals surface area contributed by atoms with Crippen molar-refractivity contribution in [1.29, 1.82) is 0 Å². The summed E-state index contributed by atoms with van der Waals surface area (Å²) < 4.78 is 10.2. The Morgan fingerprint density at radius 3 is 2.62 bits per heavy atom. The molecule has 1 aromatic heterocycles. The Morgan fingerprint density at radius 2 is 1.86 bits per heavy atom. The predicted molar refractivity (Wildman–Crippen MR) is 112 cm³/mol. The van der Waals surface area contributed by atoms with Gasteiger partial charge < -0.3 is 20.2 Å². The van der Waals surface area contributed by atoms with Gasteiger partial charge in [0, 0.05) is 28.5 Å². The van der Waals surface area contributed by atoms with Gasteiger partial charge in [-0.3, -0.25) is 9.59 Å². The van der Waals surface area contributed by atoms with Gasteiger partial charge in [0.25, 0.3) is 0 Å². The summed E-state index contributed by atoms with van der Waals surface area (Å²) in [5, 5.41) is 1.76. The number of rotatable bonds is 8. The number of ether oxygens (including phenoxy) is 2. The van der Waals surface area contributed by atoms with Crippen LogP contribution < -0.4 is 5.73 Å². The number of hydrogen-bond acceptors (Lipinski definition) is 5. The molecule has 152 valence electrons. The monoisotopic (exact) mass is 434 g/mol. The van der Waals surface area contributed by atoms with Gasteiger partial charge in [-0.05, 0) is 23.3 Å². The zero-order valence-electron chi connectivity index (χ0n) is 15.5. The van der Waals surface area contributed by atoms with E-state index in [1.54, 1.807) is 18.3 Å². The van der Waals surface area contributed by atoms with Crippen LogP contribution in [0.2, 0.25) is 10.0 Å². The first-order valence-electron chi connectivity index (χ1n) is 9.01. The van der Waals surface area contributed by atoms with E-state index >= 15 is 0 Å². The molecule has 0 radical (unpaired) electrons. The van der Waals surface area contributed by atoms with Crippen molar-refractivity contribution in [3.63, 3.8) is 0 Å². The van der Waals surface area contributed by atoms with E-state index in [2.05, 4.69) is 4.98 Å². The molecule has 1 heterocycles. The number of nitrogens with two attached hydrogens (primary N) is 1. The van der Waals surface area contributed by atoms with Gasteiger partial charge in [-0.2, -0.15) is 0 Å². The van der Waals surface area contributed by atoms with Gasteiger partial charge in [-0.1, -0.05) is 53.5 Å². The number of hydrogen-bond donors (Lipinski definition) is 2.